The van der Waals surface area contributed by atoms with Gasteiger partial charge in [0.2, 0.25) is 5.75 Å². The van der Waals surface area contributed by atoms with Crippen LogP contribution in [0.25, 0.3) is 0 Å². The fourth-order valence-electron chi connectivity index (χ4n) is 3.42. The van der Waals surface area contributed by atoms with Crippen LogP contribution in [0.15, 0.2) is 30.3 Å². The summed E-state index contributed by atoms with van der Waals surface area (Å²) in [5, 5.41) is 2.76. The Morgan fingerprint density at radius 3 is 2.10 bits per heavy atom. The lowest BCUT2D eigenvalue weighted by Crippen LogP contribution is -2.31. The van der Waals surface area contributed by atoms with E-state index in [0.29, 0.717) is 28.5 Å². The Bertz CT molecular complexity index is 1000. The molecule has 2 aromatic carbocycles. The van der Waals surface area contributed by atoms with E-state index in [1.165, 1.54) is 44.4 Å². The number of hydrogen-bond donors (Lipinski definition) is 1. The monoisotopic (exact) mass is 396 g/mol. The van der Waals surface area contributed by atoms with E-state index in [9.17, 15) is 14.4 Å². The van der Waals surface area contributed by atoms with E-state index in [1.807, 2.05) is 0 Å². The third-order valence-corrected chi connectivity index (χ3v) is 5.01. The van der Waals surface area contributed by atoms with Gasteiger partial charge in [-0.15, -0.1) is 0 Å². The zero-order valence-corrected chi connectivity index (χ0v) is 16.3. The van der Waals surface area contributed by atoms with Crippen molar-refractivity contribution in [3.8, 4) is 17.2 Å². The van der Waals surface area contributed by atoms with E-state index in [-0.39, 0.29) is 29.0 Å². The van der Waals surface area contributed by atoms with Gasteiger partial charge in [0.25, 0.3) is 17.7 Å². The maximum atomic E-state index is 12.7. The van der Waals surface area contributed by atoms with Crippen molar-refractivity contribution in [2.24, 2.45) is 0 Å². The summed E-state index contributed by atoms with van der Waals surface area (Å²) in [7, 11) is 4.46. The van der Waals surface area contributed by atoms with Crippen LogP contribution in [0.4, 0.5) is 5.69 Å². The Labute approximate surface area is 167 Å². The summed E-state index contributed by atoms with van der Waals surface area (Å²) in [5.41, 5.74) is 1.31. The lowest BCUT2D eigenvalue weighted by Gasteiger charge is -2.14. The zero-order chi connectivity index (χ0) is 20.7. The van der Waals surface area contributed by atoms with Crippen LogP contribution in [0, 0.1) is 0 Å². The van der Waals surface area contributed by atoms with Gasteiger partial charge in [-0.1, -0.05) is 0 Å². The fourth-order valence-corrected chi connectivity index (χ4v) is 3.42. The minimum absolute atomic E-state index is 0.0149. The molecule has 1 heterocycles. The predicted molar refractivity (Wildman–Crippen MR) is 104 cm³/mol. The van der Waals surface area contributed by atoms with Crippen molar-refractivity contribution < 1.29 is 28.6 Å². The lowest BCUT2D eigenvalue weighted by atomic mass is 10.1. The zero-order valence-electron chi connectivity index (χ0n) is 16.3. The third-order valence-electron chi connectivity index (χ3n) is 5.01. The number of hydrogen-bond acceptors (Lipinski definition) is 6. The number of imide groups is 1. The van der Waals surface area contributed by atoms with Crippen LogP contribution in [0.1, 0.15) is 43.9 Å². The second kappa shape index (κ2) is 7.12. The quantitative estimate of drug-likeness (QED) is 0.755. The van der Waals surface area contributed by atoms with Gasteiger partial charge in [0.1, 0.15) is 0 Å². The van der Waals surface area contributed by atoms with Crippen LogP contribution in [-0.2, 0) is 0 Å². The largest absolute Gasteiger partial charge is 0.493 e. The van der Waals surface area contributed by atoms with Crippen molar-refractivity contribution in [2.75, 3.05) is 26.6 Å². The summed E-state index contributed by atoms with van der Waals surface area (Å²) >= 11 is 0. The summed E-state index contributed by atoms with van der Waals surface area (Å²) in [6, 6.07) is 7.73. The number of nitrogens with one attached hydrogen (secondary N) is 1. The highest BCUT2D eigenvalue weighted by atomic mass is 16.5. The molecule has 0 saturated heterocycles. The predicted octanol–water partition coefficient (Wildman–Crippen LogP) is 2.72. The number of benzene rings is 2. The van der Waals surface area contributed by atoms with Gasteiger partial charge < -0.3 is 19.5 Å². The first kappa shape index (κ1) is 18.8. The van der Waals surface area contributed by atoms with Crippen LogP contribution in [-0.4, -0.2) is 50.0 Å². The molecule has 0 atom stereocenters. The minimum atomic E-state index is -0.424. The number of amides is 3. The average Bonchev–Trinajstić information content (AvgIpc) is 3.53. The SMILES string of the molecule is COc1cc(NC(=O)c2ccc3c(c2)C(=O)N(C2CC2)C3=O)cc(OC)c1OC. The molecule has 8 nitrogen and oxygen atoms in total. The molecule has 150 valence electrons. The first-order chi connectivity index (χ1) is 14.0. The Morgan fingerprint density at radius 2 is 1.55 bits per heavy atom. The number of ether oxygens (including phenoxy) is 3. The van der Waals surface area contributed by atoms with Crippen LogP contribution in [0.3, 0.4) is 0 Å². The fraction of sp³-hybridized carbons (Fsp3) is 0.286. The molecular weight excluding hydrogens is 376 g/mol. The highest BCUT2D eigenvalue weighted by Gasteiger charge is 2.44. The maximum absolute atomic E-state index is 12.7. The van der Waals surface area contributed by atoms with Gasteiger partial charge in [-0.3, -0.25) is 19.3 Å². The summed E-state index contributed by atoms with van der Waals surface area (Å²) in [6.07, 6.45) is 1.67. The molecule has 0 radical (unpaired) electrons. The normalized spacial score (nSPS) is 15.2. The Balaban J connectivity index is 1.61. The minimum Gasteiger partial charge on any atom is -0.493 e. The number of methoxy groups -OCH3 is 3. The highest BCUT2D eigenvalue weighted by molar-refractivity contribution is 6.22. The van der Waals surface area contributed by atoms with Crippen LogP contribution < -0.4 is 19.5 Å². The molecule has 1 saturated carbocycles. The molecule has 3 amide bonds. The molecule has 1 N–H and O–H groups in total. The molecule has 0 spiro atoms. The topological polar surface area (TPSA) is 94.2 Å². The summed E-state index contributed by atoms with van der Waals surface area (Å²) in [5.74, 6) is 0.162. The molecule has 1 aliphatic heterocycles. The highest BCUT2D eigenvalue weighted by Crippen LogP contribution is 2.40. The number of nitrogens with zero attached hydrogens (tertiary/aromatic N) is 1. The van der Waals surface area contributed by atoms with Crippen LogP contribution in [0.2, 0.25) is 0 Å². The van der Waals surface area contributed by atoms with Gasteiger partial charge in [-0.2, -0.15) is 0 Å². The molecule has 0 aromatic heterocycles. The number of carbonyl (C=O) groups is 3. The number of carbonyl (C=O) groups excluding carboxylic acids is 3. The van der Waals surface area contributed by atoms with Gasteiger partial charge in [-0.05, 0) is 31.0 Å². The van der Waals surface area contributed by atoms with E-state index in [2.05, 4.69) is 5.32 Å². The van der Waals surface area contributed by atoms with Gasteiger partial charge in [0, 0.05) is 29.4 Å². The average molecular weight is 396 g/mol. The number of rotatable bonds is 6. The molecule has 0 unspecified atom stereocenters. The number of anilines is 1. The van der Waals surface area contributed by atoms with Crippen molar-refractivity contribution in [1.29, 1.82) is 0 Å². The molecule has 2 aliphatic rings. The maximum Gasteiger partial charge on any atom is 0.261 e. The van der Waals surface area contributed by atoms with Crippen molar-refractivity contribution in [3.63, 3.8) is 0 Å². The first-order valence-electron chi connectivity index (χ1n) is 9.11. The first-order valence-corrected chi connectivity index (χ1v) is 9.11. The van der Waals surface area contributed by atoms with E-state index in [0.717, 1.165) is 12.8 Å². The van der Waals surface area contributed by atoms with Gasteiger partial charge in [0.15, 0.2) is 11.5 Å². The second-order valence-corrected chi connectivity index (χ2v) is 6.84. The van der Waals surface area contributed by atoms with Crippen molar-refractivity contribution >= 4 is 23.4 Å². The lowest BCUT2D eigenvalue weighted by molar-refractivity contribution is 0.0642. The Hall–Kier alpha value is -3.55. The molecular formula is C21H20N2O6. The third kappa shape index (κ3) is 3.16. The Morgan fingerprint density at radius 1 is 0.931 bits per heavy atom. The Kier molecular flexibility index (Phi) is 4.62. The van der Waals surface area contributed by atoms with E-state index in [1.54, 1.807) is 12.1 Å². The van der Waals surface area contributed by atoms with Crippen molar-refractivity contribution in [3.05, 3.63) is 47.0 Å². The van der Waals surface area contributed by atoms with Gasteiger partial charge >= 0.3 is 0 Å². The van der Waals surface area contributed by atoms with Crippen molar-refractivity contribution in [2.45, 2.75) is 18.9 Å². The standard InChI is InChI=1S/C21H20N2O6/c1-27-16-9-12(10-17(28-2)18(16)29-3)22-19(24)11-4-7-14-15(8-11)21(26)23(20(14)25)13-5-6-13/h4,7-10,13H,5-6H2,1-3H3,(H,22,24). The summed E-state index contributed by atoms with van der Waals surface area (Å²) in [4.78, 5) is 39.1. The molecule has 2 aromatic rings. The summed E-state index contributed by atoms with van der Waals surface area (Å²) < 4.78 is 15.9. The van der Waals surface area contributed by atoms with E-state index >= 15 is 0 Å². The molecule has 4 rings (SSSR count). The molecule has 8 heteroatoms. The molecule has 1 aliphatic carbocycles. The van der Waals surface area contributed by atoms with E-state index in [4.69, 9.17) is 14.2 Å². The smallest absolute Gasteiger partial charge is 0.261 e. The van der Waals surface area contributed by atoms with E-state index < -0.39 is 5.91 Å². The van der Waals surface area contributed by atoms with Crippen molar-refractivity contribution in [1.82, 2.24) is 4.90 Å². The molecule has 1 fully saturated rings. The molecule has 29 heavy (non-hydrogen) atoms. The summed E-state index contributed by atoms with van der Waals surface area (Å²) in [6.45, 7) is 0. The van der Waals surface area contributed by atoms with Gasteiger partial charge in [0.05, 0.1) is 32.5 Å². The second-order valence-electron chi connectivity index (χ2n) is 6.84. The van der Waals surface area contributed by atoms with Crippen LogP contribution >= 0.6 is 0 Å². The van der Waals surface area contributed by atoms with Crippen LogP contribution in [0.5, 0.6) is 17.2 Å². The number of fused-ring (bicyclic) bond motifs is 1. The van der Waals surface area contributed by atoms with Gasteiger partial charge in [-0.25, -0.2) is 0 Å². The molecule has 0 bridgehead atoms.